The van der Waals surface area contributed by atoms with Gasteiger partial charge < -0.3 is 10.0 Å². The number of hydrogen-bond donors (Lipinski definition) is 2. The van der Waals surface area contributed by atoms with Gasteiger partial charge in [0.15, 0.2) is 5.69 Å². The molecule has 1 heterocycles. The normalized spacial score (nSPS) is 12.1. The van der Waals surface area contributed by atoms with Crippen molar-refractivity contribution >= 4 is 5.91 Å². The average molecular weight is 246 g/mol. The van der Waals surface area contributed by atoms with Crippen LogP contribution >= 0.6 is 0 Å². The summed E-state index contributed by atoms with van der Waals surface area (Å²) in [6.07, 6.45) is 1.37. The van der Waals surface area contributed by atoms with Gasteiger partial charge in [-0.15, -0.1) is 0 Å². The largest absolute Gasteiger partial charge is 0.508 e. The zero-order chi connectivity index (χ0) is 13.1. The molecule has 0 saturated carbocycles. The fourth-order valence-corrected chi connectivity index (χ4v) is 1.71. The highest BCUT2D eigenvalue weighted by molar-refractivity contribution is 5.92. The lowest BCUT2D eigenvalue weighted by Crippen LogP contribution is -2.30. The molecule has 6 nitrogen and oxygen atoms in total. The maximum atomic E-state index is 12.1. The minimum absolute atomic E-state index is 0.171. The molecule has 1 aromatic heterocycles. The molecule has 0 bridgehead atoms. The van der Waals surface area contributed by atoms with Gasteiger partial charge in [-0.2, -0.15) is 15.4 Å². The second-order valence-corrected chi connectivity index (χ2v) is 4.01. The lowest BCUT2D eigenvalue weighted by molar-refractivity contribution is 0.0735. The Hall–Kier alpha value is -2.37. The zero-order valence-corrected chi connectivity index (χ0v) is 10.2. The third-order valence-electron chi connectivity index (χ3n) is 2.92. The van der Waals surface area contributed by atoms with Gasteiger partial charge in [-0.1, -0.05) is 18.2 Å². The van der Waals surface area contributed by atoms with Crippen molar-refractivity contribution in [2.24, 2.45) is 0 Å². The highest BCUT2D eigenvalue weighted by atomic mass is 16.3. The van der Waals surface area contributed by atoms with Crippen LogP contribution in [0.15, 0.2) is 30.5 Å². The van der Waals surface area contributed by atoms with Crippen LogP contribution in [0.4, 0.5) is 0 Å². The summed E-state index contributed by atoms with van der Waals surface area (Å²) in [6, 6.07) is 6.69. The van der Waals surface area contributed by atoms with Crippen LogP contribution < -0.4 is 0 Å². The van der Waals surface area contributed by atoms with Gasteiger partial charge >= 0.3 is 0 Å². The summed E-state index contributed by atoms with van der Waals surface area (Å²) in [5, 5.41) is 19.5. The summed E-state index contributed by atoms with van der Waals surface area (Å²) >= 11 is 0. The Balaban J connectivity index is 2.22. The lowest BCUT2D eigenvalue weighted by Gasteiger charge is -2.24. The molecule has 94 valence electrons. The second-order valence-electron chi connectivity index (χ2n) is 4.01. The van der Waals surface area contributed by atoms with Gasteiger partial charge in [0.2, 0.25) is 0 Å². The fraction of sp³-hybridized carbons (Fsp3) is 0.250. The number of phenols is 1. The number of aromatic hydroxyl groups is 1. The average Bonchev–Trinajstić information content (AvgIpc) is 2.90. The van der Waals surface area contributed by atoms with E-state index in [-0.39, 0.29) is 23.4 Å². The molecule has 0 aliphatic rings. The monoisotopic (exact) mass is 246 g/mol. The van der Waals surface area contributed by atoms with Crippen LogP contribution in [-0.4, -0.2) is 38.4 Å². The number of aromatic amines is 1. The van der Waals surface area contributed by atoms with Crippen LogP contribution in [0.3, 0.4) is 0 Å². The van der Waals surface area contributed by atoms with Crippen molar-refractivity contribution in [2.75, 3.05) is 7.05 Å². The van der Waals surface area contributed by atoms with Crippen molar-refractivity contribution in [3.05, 3.63) is 41.7 Å². The third-order valence-corrected chi connectivity index (χ3v) is 2.92. The number of aromatic nitrogens is 3. The molecule has 0 aliphatic heterocycles. The number of phenolic OH excluding ortho intramolecular Hbond substituents is 1. The Kier molecular flexibility index (Phi) is 3.27. The molecule has 0 saturated heterocycles. The van der Waals surface area contributed by atoms with Crippen molar-refractivity contribution < 1.29 is 9.90 Å². The van der Waals surface area contributed by atoms with E-state index in [1.807, 2.05) is 13.0 Å². The Bertz CT molecular complexity index is 539. The van der Waals surface area contributed by atoms with Gasteiger partial charge in [-0.25, -0.2) is 0 Å². The Morgan fingerprint density at radius 3 is 2.78 bits per heavy atom. The fourth-order valence-electron chi connectivity index (χ4n) is 1.71. The number of H-pyrrole nitrogens is 1. The first kappa shape index (κ1) is 12.1. The standard InChI is InChI=1S/C12H14N4O2/c1-8(9-5-3-4-6-11(9)17)16(2)12(18)10-7-13-15-14-10/h3-8,17H,1-2H3,(H,13,14,15). The first-order valence-corrected chi connectivity index (χ1v) is 5.52. The molecule has 0 spiro atoms. The molecule has 2 rings (SSSR count). The molecular formula is C12H14N4O2. The maximum Gasteiger partial charge on any atom is 0.276 e. The third kappa shape index (κ3) is 2.17. The van der Waals surface area contributed by atoms with Crippen LogP contribution in [0.1, 0.15) is 29.0 Å². The van der Waals surface area contributed by atoms with Crippen molar-refractivity contribution in [2.45, 2.75) is 13.0 Å². The minimum Gasteiger partial charge on any atom is -0.508 e. The predicted molar refractivity (Wildman–Crippen MR) is 65.0 cm³/mol. The van der Waals surface area contributed by atoms with Gasteiger partial charge in [0.1, 0.15) is 5.75 Å². The smallest absolute Gasteiger partial charge is 0.276 e. The van der Waals surface area contributed by atoms with Crippen LogP contribution in [0, 0.1) is 0 Å². The molecule has 1 unspecified atom stereocenters. The Morgan fingerprint density at radius 2 is 2.17 bits per heavy atom. The molecule has 1 aromatic carbocycles. The molecule has 0 aliphatic carbocycles. The van der Waals surface area contributed by atoms with E-state index in [2.05, 4.69) is 15.4 Å². The number of para-hydroxylation sites is 1. The SMILES string of the molecule is CC(c1ccccc1O)N(C)C(=O)c1cn[nH]n1. The van der Waals surface area contributed by atoms with E-state index in [0.29, 0.717) is 5.56 Å². The number of amides is 1. The summed E-state index contributed by atoms with van der Waals surface area (Å²) in [5.41, 5.74) is 0.941. The number of carbonyl (C=O) groups excluding carboxylic acids is 1. The van der Waals surface area contributed by atoms with Gasteiger partial charge in [-0.05, 0) is 13.0 Å². The summed E-state index contributed by atoms with van der Waals surface area (Å²) < 4.78 is 0. The van der Waals surface area contributed by atoms with E-state index in [1.54, 1.807) is 25.2 Å². The number of nitrogens with zero attached hydrogens (tertiary/aromatic N) is 3. The van der Waals surface area contributed by atoms with Gasteiger partial charge in [0.25, 0.3) is 5.91 Å². The molecule has 6 heteroatoms. The van der Waals surface area contributed by atoms with Crippen LogP contribution in [0.5, 0.6) is 5.75 Å². The number of carbonyl (C=O) groups is 1. The number of benzene rings is 1. The number of hydrogen-bond acceptors (Lipinski definition) is 4. The van der Waals surface area contributed by atoms with Crippen LogP contribution in [0.25, 0.3) is 0 Å². The van der Waals surface area contributed by atoms with Gasteiger partial charge in [0.05, 0.1) is 12.2 Å². The van der Waals surface area contributed by atoms with E-state index >= 15 is 0 Å². The van der Waals surface area contributed by atoms with Gasteiger partial charge in [-0.3, -0.25) is 4.79 Å². The first-order chi connectivity index (χ1) is 8.61. The van der Waals surface area contributed by atoms with E-state index in [9.17, 15) is 9.90 Å². The van der Waals surface area contributed by atoms with Crippen LogP contribution in [-0.2, 0) is 0 Å². The molecule has 0 radical (unpaired) electrons. The quantitative estimate of drug-likeness (QED) is 0.856. The molecule has 1 amide bonds. The second kappa shape index (κ2) is 4.87. The summed E-state index contributed by atoms with van der Waals surface area (Å²) in [5.74, 6) is -0.0793. The minimum atomic E-state index is -0.254. The molecule has 2 N–H and O–H groups in total. The molecule has 2 aromatic rings. The van der Waals surface area contributed by atoms with Crippen molar-refractivity contribution in [1.82, 2.24) is 20.3 Å². The zero-order valence-electron chi connectivity index (χ0n) is 10.2. The Morgan fingerprint density at radius 1 is 1.44 bits per heavy atom. The van der Waals surface area contributed by atoms with Crippen molar-refractivity contribution in [1.29, 1.82) is 0 Å². The van der Waals surface area contributed by atoms with Crippen molar-refractivity contribution in [3.63, 3.8) is 0 Å². The van der Waals surface area contributed by atoms with Gasteiger partial charge in [0, 0.05) is 12.6 Å². The summed E-state index contributed by atoms with van der Waals surface area (Å²) in [4.78, 5) is 13.6. The van der Waals surface area contributed by atoms with Crippen molar-refractivity contribution in [3.8, 4) is 5.75 Å². The molecular weight excluding hydrogens is 232 g/mol. The highest BCUT2D eigenvalue weighted by Gasteiger charge is 2.22. The van der Waals surface area contributed by atoms with E-state index in [1.165, 1.54) is 11.1 Å². The molecule has 0 fully saturated rings. The van der Waals surface area contributed by atoms with Crippen LogP contribution in [0.2, 0.25) is 0 Å². The van der Waals surface area contributed by atoms with E-state index < -0.39 is 0 Å². The molecule has 1 atom stereocenters. The summed E-state index contributed by atoms with van der Waals surface area (Å²) in [6.45, 7) is 1.84. The number of nitrogens with one attached hydrogen (secondary N) is 1. The predicted octanol–water partition coefficient (Wildman–Crippen LogP) is 1.34. The molecule has 18 heavy (non-hydrogen) atoms. The maximum absolute atomic E-state index is 12.1. The first-order valence-electron chi connectivity index (χ1n) is 5.52. The van der Waals surface area contributed by atoms with E-state index in [0.717, 1.165) is 0 Å². The highest BCUT2D eigenvalue weighted by Crippen LogP contribution is 2.27. The topological polar surface area (TPSA) is 82.1 Å². The van der Waals surface area contributed by atoms with E-state index in [4.69, 9.17) is 0 Å². The Labute approximate surface area is 104 Å². The number of rotatable bonds is 3. The lowest BCUT2D eigenvalue weighted by atomic mass is 10.1. The summed E-state index contributed by atoms with van der Waals surface area (Å²) in [7, 11) is 1.66.